The predicted molar refractivity (Wildman–Crippen MR) is 153 cm³/mol. The van der Waals surface area contributed by atoms with Crippen molar-refractivity contribution in [3.05, 3.63) is 82.9 Å². The summed E-state index contributed by atoms with van der Waals surface area (Å²) in [4.78, 5) is 27.0. The van der Waals surface area contributed by atoms with Crippen LogP contribution in [0.25, 0.3) is 28.0 Å². The Morgan fingerprint density at radius 1 is 1.08 bits per heavy atom. The fourth-order valence-electron chi connectivity index (χ4n) is 4.38. The predicted octanol–water partition coefficient (Wildman–Crippen LogP) is 7.62. The lowest BCUT2D eigenvalue weighted by Gasteiger charge is -2.24. The van der Waals surface area contributed by atoms with Gasteiger partial charge in [-0.15, -0.1) is 0 Å². The van der Waals surface area contributed by atoms with Crippen LogP contribution in [0.15, 0.2) is 60.8 Å². The molecular weight excluding hydrogens is 519 g/mol. The molecule has 206 valence electrons. The molecule has 0 fully saturated rings. The highest BCUT2D eigenvalue weighted by Crippen LogP contribution is 2.35. The molecule has 0 bridgehead atoms. The van der Waals surface area contributed by atoms with Gasteiger partial charge in [-0.3, -0.25) is 4.79 Å². The molecule has 2 heterocycles. The van der Waals surface area contributed by atoms with E-state index in [0.29, 0.717) is 28.2 Å². The minimum absolute atomic E-state index is 0.0108. The summed E-state index contributed by atoms with van der Waals surface area (Å²) in [5.74, 6) is -1.24. The van der Waals surface area contributed by atoms with Crippen molar-refractivity contribution in [2.24, 2.45) is 5.92 Å². The minimum Gasteiger partial charge on any atom is -0.479 e. The first-order valence-electron chi connectivity index (χ1n) is 12.9. The number of Topliss-reactive ketones (excluding diaryl/α,β-unsaturated/α-hetero) is 1. The van der Waals surface area contributed by atoms with Crippen molar-refractivity contribution in [2.45, 2.75) is 59.5 Å². The molecule has 0 aliphatic carbocycles. The Morgan fingerprint density at radius 3 is 2.31 bits per heavy atom. The number of aryl methyl sites for hydroxylation is 1. The number of fused-ring (bicyclic) bond motifs is 1. The molecule has 39 heavy (non-hydrogen) atoms. The van der Waals surface area contributed by atoms with E-state index in [-0.39, 0.29) is 23.9 Å². The SMILES string of the molecule is CC(=O)c1ccn2c(C)c(-c3ccccc3-c3ccc(Cl)cc3F)nc2c1.CCC(C)CC(O)(CC)C(=O)O. The van der Waals surface area contributed by atoms with Crippen molar-refractivity contribution in [1.29, 1.82) is 0 Å². The molecule has 2 aromatic carbocycles. The normalized spacial score (nSPS) is 13.3. The maximum atomic E-state index is 14.5. The molecule has 2 unspecified atom stereocenters. The molecule has 0 spiro atoms. The van der Waals surface area contributed by atoms with E-state index in [2.05, 4.69) is 0 Å². The van der Waals surface area contributed by atoms with E-state index in [0.717, 1.165) is 28.9 Å². The fourth-order valence-corrected chi connectivity index (χ4v) is 4.54. The first kappa shape index (κ1) is 30.0. The van der Waals surface area contributed by atoms with E-state index in [9.17, 15) is 19.1 Å². The van der Waals surface area contributed by atoms with Crippen molar-refractivity contribution in [3.8, 4) is 22.4 Å². The number of hydrogen-bond donors (Lipinski definition) is 2. The molecule has 6 nitrogen and oxygen atoms in total. The number of carbonyl (C=O) groups is 2. The molecule has 2 aromatic heterocycles. The Bertz CT molecular complexity index is 1500. The number of aliphatic hydroxyl groups is 1. The summed E-state index contributed by atoms with van der Waals surface area (Å²) in [6.45, 7) is 9.11. The van der Waals surface area contributed by atoms with Gasteiger partial charge in [-0.2, -0.15) is 0 Å². The number of hydrogen-bond acceptors (Lipinski definition) is 4. The Kier molecular flexibility index (Phi) is 9.64. The number of ketones is 1. The molecule has 2 atom stereocenters. The van der Waals surface area contributed by atoms with Crippen LogP contribution in [0, 0.1) is 18.7 Å². The summed E-state index contributed by atoms with van der Waals surface area (Å²) in [6, 6.07) is 15.8. The average Bonchev–Trinajstić information content (AvgIpc) is 3.24. The van der Waals surface area contributed by atoms with E-state index < -0.39 is 11.6 Å². The standard InChI is InChI=1S/C22H16ClFN2O.C9H18O3/c1-13-22(25-21-11-15(14(2)27)9-10-26(13)21)19-6-4-3-5-17(19)18-8-7-16(23)12-20(18)24;1-4-7(3)6-9(12,5-2)8(10)11/h3-12H,1-2H3;7,12H,4-6H2,1-3H3,(H,10,11). The summed E-state index contributed by atoms with van der Waals surface area (Å²) in [5, 5.41) is 18.7. The Hall–Kier alpha value is -3.55. The number of aliphatic carboxylic acids is 1. The maximum absolute atomic E-state index is 14.5. The van der Waals surface area contributed by atoms with Crippen molar-refractivity contribution in [1.82, 2.24) is 9.38 Å². The number of rotatable bonds is 8. The van der Waals surface area contributed by atoms with E-state index in [1.54, 1.807) is 31.2 Å². The van der Waals surface area contributed by atoms with Crippen LogP contribution in [0.2, 0.25) is 5.02 Å². The van der Waals surface area contributed by atoms with Gasteiger partial charge in [0, 0.05) is 33.6 Å². The Labute approximate surface area is 233 Å². The van der Waals surface area contributed by atoms with Crippen molar-refractivity contribution in [3.63, 3.8) is 0 Å². The average molecular weight is 553 g/mol. The first-order valence-corrected chi connectivity index (χ1v) is 13.3. The third-order valence-corrected chi connectivity index (χ3v) is 7.28. The van der Waals surface area contributed by atoms with Crippen LogP contribution in [0.3, 0.4) is 0 Å². The van der Waals surface area contributed by atoms with E-state index in [1.165, 1.54) is 13.0 Å². The first-order chi connectivity index (χ1) is 18.4. The van der Waals surface area contributed by atoms with Crippen LogP contribution in [-0.2, 0) is 4.79 Å². The van der Waals surface area contributed by atoms with E-state index >= 15 is 0 Å². The summed E-state index contributed by atoms with van der Waals surface area (Å²) >= 11 is 5.90. The lowest BCUT2D eigenvalue weighted by atomic mass is 9.88. The molecule has 0 radical (unpaired) electrons. The van der Waals surface area contributed by atoms with Crippen LogP contribution in [-0.4, -0.2) is 37.0 Å². The fraction of sp³-hybridized carbons (Fsp3) is 0.323. The molecule has 8 heteroatoms. The van der Waals surface area contributed by atoms with E-state index in [1.807, 2.05) is 55.6 Å². The molecule has 0 saturated carbocycles. The Morgan fingerprint density at radius 2 is 1.74 bits per heavy atom. The van der Waals surface area contributed by atoms with Crippen molar-refractivity contribution < 1.29 is 24.2 Å². The topological polar surface area (TPSA) is 91.9 Å². The van der Waals surface area contributed by atoms with Gasteiger partial charge < -0.3 is 14.6 Å². The zero-order valence-corrected chi connectivity index (χ0v) is 23.6. The molecule has 0 aliphatic heterocycles. The highest BCUT2D eigenvalue weighted by molar-refractivity contribution is 6.30. The largest absolute Gasteiger partial charge is 0.479 e. The summed E-state index contributed by atoms with van der Waals surface area (Å²) in [5.41, 5.74) is 3.47. The second-order valence-electron chi connectivity index (χ2n) is 9.82. The molecular formula is C31H34ClFN2O4. The number of imidazole rings is 1. The van der Waals surface area contributed by atoms with Gasteiger partial charge in [0.1, 0.15) is 11.5 Å². The number of carboxylic acids is 1. The molecule has 4 rings (SSSR count). The number of halogens is 2. The van der Waals surface area contributed by atoms with Crippen LogP contribution in [0.5, 0.6) is 0 Å². The number of benzene rings is 2. The monoisotopic (exact) mass is 552 g/mol. The van der Waals surface area contributed by atoms with Crippen molar-refractivity contribution >= 4 is 29.0 Å². The second-order valence-corrected chi connectivity index (χ2v) is 10.3. The highest BCUT2D eigenvalue weighted by Gasteiger charge is 2.34. The maximum Gasteiger partial charge on any atom is 0.335 e. The number of nitrogens with zero attached hydrogens (tertiary/aromatic N) is 2. The minimum atomic E-state index is -1.52. The third kappa shape index (κ3) is 6.72. The van der Waals surface area contributed by atoms with Gasteiger partial charge in [0.2, 0.25) is 0 Å². The summed E-state index contributed by atoms with van der Waals surface area (Å²) < 4.78 is 16.5. The number of carboxylic acid groups (broad SMARTS) is 1. The summed E-state index contributed by atoms with van der Waals surface area (Å²) in [6.07, 6.45) is 3.35. The van der Waals surface area contributed by atoms with Crippen LogP contribution < -0.4 is 0 Å². The zero-order chi connectivity index (χ0) is 28.9. The molecule has 0 aliphatic rings. The highest BCUT2D eigenvalue weighted by atomic mass is 35.5. The number of carbonyl (C=O) groups excluding carboxylic acids is 1. The van der Waals surface area contributed by atoms with Gasteiger partial charge in [0.25, 0.3) is 0 Å². The lowest BCUT2D eigenvalue weighted by Crippen LogP contribution is -2.39. The van der Waals surface area contributed by atoms with Crippen molar-refractivity contribution in [2.75, 3.05) is 0 Å². The van der Waals surface area contributed by atoms with Crippen LogP contribution >= 0.6 is 11.6 Å². The van der Waals surface area contributed by atoms with Gasteiger partial charge in [0.15, 0.2) is 11.4 Å². The Balaban J connectivity index is 0.000000298. The second kappa shape index (κ2) is 12.5. The van der Waals surface area contributed by atoms with Gasteiger partial charge >= 0.3 is 5.97 Å². The van der Waals surface area contributed by atoms with Gasteiger partial charge in [-0.1, -0.05) is 63.1 Å². The van der Waals surface area contributed by atoms with Crippen LogP contribution in [0.4, 0.5) is 4.39 Å². The summed E-state index contributed by atoms with van der Waals surface area (Å²) in [7, 11) is 0. The third-order valence-electron chi connectivity index (χ3n) is 7.04. The van der Waals surface area contributed by atoms with Crippen LogP contribution in [0.1, 0.15) is 63.0 Å². The molecule has 0 amide bonds. The van der Waals surface area contributed by atoms with Gasteiger partial charge in [-0.25, -0.2) is 14.2 Å². The molecule has 4 aromatic rings. The van der Waals surface area contributed by atoms with Gasteiger partial charge in [-0.05, 0) is 68.5 Å². The molecule has 2 N–H and O–H groups in total. The quantitative estimate of drug-likeness (QED) is 0.219. The van der Waals surface area contributed by atoms with E-state index in [4.69, 9.17) is 21.7 Å². The van der Waals surface area contributed by atoms with Gasteiger partial charge in [0.05, 0.1) is 5.69 Å². The lowest BCUT2D eigenvalue weighted by molar-refractivity contribution is -0.160. The number of pyridine rings is 1. The molecule has 0 saturated heterocycles. The smallest absolute Gasteiger partial charge is 0.335 e. The number of aromatic nitrogens is 2. The zero-order valence-electron chi connectivity index (χ0n) is 22.8.